The minimum Gasteiger partial charge on any atom is -0.391 e. The van der Waals surface area contributed by atoms with E-state index in [0.717, 1.165) is 24.2 Å². The van der Waals surface area contributed by atoms with Crippen LogP contribution in [-0.4, -0.2) is 55.3 Å². The number of carbonyl (C=O) groups is 1. The molecule has 2 heterocycles. The van der Waals surface area contributed by atoms with Gasteiger partial charge < -0.3 is 10.0 Å². The summed E-state index contributed by atoms with van der Waals surface area (Å²) >= 11 is 0. The number of piperidine rings is 1. The van der Waals surface area contributed by atoms with E-state index in [0.29, 0.717) is 13.0 Å². The van der Waals surface area contributed by atoms with Crippen molar-refractivity contribution < 1.29 is 9.90 Å². The Bertz CT molecular complexity index is 626. The van der Waals surface area contributed by atoms with Gasteiger partial charge in [-0.15, -0.1) is 5.10 Å². The van der Waals surface area contributed by atoms with Crippen molar-refractivity contribution in [1.82, 2.24) is 25.1 Å². The van der Waals surface area contributed by atoms with Crippen molar-refractivity contribution >= 4 is 5.91 Å². The van der Waals surface area contributed by atoms with E-state index in [2.05, 4.69) is 15.5 Å². The molecule has 0 spiro atoms. The smallest absolute Gasteiger partial charge is 0.227 e. The molecule has 7 nitrogen and oxygen atoms in total. The maximum absolute atomic E-state index is 12.3. The monoisotopic (exact) mass is 301 g/mol. The molecule has 1 saturated heterocycles. The summed E-state index contributed by atoms with van der Waals surface area (Å²) in [6, 6.07) is 7.56. The maximum Gasteiger partial charge on any atom is 0.227 e. The number of tetrazole rings is 1. The summed E-state index contributed by atoms with van der Waals surface area (Å²) in [5.41, 5.74) is 1.79. The summed E-state index contributed by atoms with van der Waals surface area (Å²) < 4.78 is 1.56. The molecule has 1 N–H and O–H groups in total. The number of aliphatic hydroxyl groups excluding tert-OH is 1. The SMILES string of the molecule is CC1CCN(C(=O)Cc2ccc(-n3cnnn3)cc2)CC1O. The van der Waals surface area contributed by atoms with Gasteiger partial charge in [0.05, 0.1) is 18.2 Å². The number of carbonyl (C=O) groups excluding carboxylic acids is 1. The van der Waals surface area contributed by atoms with Crippen LogP contribution in [-0.2, 0) is 11.2 Å². The largest absolute Gasteiger partial charge is 0.391 e. The van der Waals surface area contributed by atoms with Crippen LogP contribution in [0.15, 0.2) is 30.6 Å². The molecule has 22 heavy (non-hydrogen) atoms. The van der Waals surface area contributed by atoms with Crippen LogP contribution in [0.4, 0.5) is 0 Å². The van der Waals surface area contributed by atoms with Crippen LogP contribution in [0.5, 0.6) is 0 Å². The minimum atomic E-state index is -0.417. The average molecular weight is 301 g/mol. The highest BCUT2D eigenvalue weighted by Crippen LogP contribution is 2.18. The van der Waals surface area contributed by atoms with E-state index in [9.17, 15) is 9.90 Å². The number of hydrogen-bond acceptors (Lipinski definition) is 5. The predicted octanol–water partition coefficient (Wildman–Crippen LogP) is 0.434. The van der Waals surface area contributed by atoms with Crippen molar-refractivity contribution in [2.45, 2.75) is 25.9 Å². The molecule has 3 rings (SSSR count). The molecule has 1 aliphatic heterocycles. The lowest BCUT2D eigenvalue weighted by Gasteiger charge is -2.34. The highest BCUT2D eigenvalue weighted by Gasteiger charge is 2.27. The molecule has 0 aliphatic carbocycles. The lowest BCUT2D eigenvalue weighted by molar-refractivity contribution is -0.134. The number of hydrogen-bond donors (Lipinski definition) is 1. The van der Waals surface area contributed by atoms with Crippen molar-refractivity contribution in [2.75, 3.05) is 13.1 Å². The van der Waals surface area contributed by atoms with Crippen LogP contribution in [0, 0.1) is 5.92 Å². The summed E-state index contributed by atoms with van der Waals surface area (Å²) in [5.74, 6) is 0.320. The maximum atomic E-state index is 12.3. The van der Waals surface area contributed by atoms with Crippen molar-refractivity contribution in [1.29, 1.82) is 0 Å². The molecule has 1 aliphatic rings. The molecule has 0 bridgehead atoms. The fourth-order valence-electron chi connectivity index (χ4n) is 2.61. The van der Waals surface area contributed by atoms with Crippen molar-refractivity contribution in [3.63, 3.8) is 0 Å². The van der Waals surface area contributed by atoms with Crippen molar-refractivity contribution in [3.05, 3.63) is 36.2 Å². The number of aromatic nitrogens is 4. The van der Waals surface area contributed by atoms with E-state index < -0.39 is 6.10 Å². The average Bonchev–Trinajstić information content (AvgIpc) is 3.05. The van der Waals surface area contributed by atoms with Gasteiger partial charge in [-0.25, -0.2) is 4.68 Å². The molecular weight excluding hydrogens is 282 g/mol. The van der Waals surface area contributed by atoms with Crippen LogP contribution in [0.1, 0.15) is 18.9 Å². The third-order valence-corrected chi connectivity index (χ3v) is 4.18. The van der Waals surface area contributed by atoms with Crippen molar-refractivity contribution in [2.24, 2.45) is 5.92 Å². The summed E-state index contributed by atoms with van der Waals surface area (Å²) in [6.45, 7) is 3.17. The Morgan fingerprint density at radius 1 is 1.36 bits per heavy atom. The number of benzene rings is 1. The Morgan fingerprint density at radius 2 is 2.14 bits per heavy atom. The van der Waals surface area contributed by atoms with Gasteiger partial charge in [0.25, 0.3) is 0 Å². The second-order valence-corrected chi connectivity index (χ2v) is 5.77. The summed E-state index contributed by atoms with van der Waals surface area (Å²) in [4.78, 5) is 14.1. The molecule has 7 heteroatoms. The van der Waals surface area contributed by atoms with Gasteiger partial charge in [-0.3, -0.25) is 4.79 Å². The van der Waals surface area contributed by atoms with Gasteiger partial charge >= 0.3 is 0 Å². The van der Waals surface area contributed by atoms with E-state index in [1.54, 1.807) is 9.58 Å². The molecule has 0 radical (unpaired) electrons. The van der Waals surface area contributed by atoms with Gasteiger partial charge in [0.1, 0.15) is 6.33 Å². The molecule has 2 unspecified atom stereocenters. The number of amides is 1. The number of nitrogens with zero attached hydrogens (tertiary/aromatic N) is 5. The normalized spacial score (nSPS) is 21.8. The van der Waals surface area contributed by atoms with Gasteiger partial charge in [0, 0.05) is 13.1 Å². The number of β-amino-alcohol motifs (C(OH)–C–C–N with tert-alkyl or cyclic N) is 1. The lowest BCUT2D eigenvalue weighted by atomic mass is 9.95. The fourth-order valence-corrected chi connectivity index (χ4v) is 2.61. The van der Waals surface area contributed by atoms with Gasteiger partial charge in [-0.2, -0.15) is 0 Å². The number of aliphatic hydroxyl groups is 1. The van der Waals surface area contributed by atoms with E-state index >= 15 is 0 Å². The molecule has 2 aromatic rings. The third kappa shape index (κ3) is 3.14. The Kier molecular flexibility index (Phi) is 4.15. The van der Waals surface area contributed by atoms with E-state index in [1.165, 1.54) is 6.33 Å². The van der Waals surface area contributed by atoms with E-state index in [-0.39, 0.29) is 11.8 Å². The Hall–Kier alpha value is -2.28. The first-order chi connectivity index (χ1) is 10.6. The highest BCUT2D eigenvalue weighted by molar-refractivity contribution is 5.79. The first-order valence-corrected chi connectivity index (χ1v) is 7.41. The highest BCUT2D eigenvalue weighted by atomic mass is 16.3. The molecule has 1 aromatic carbocycles. The second-order valence-electron chi connectivity index (χ2n) is 5.77. The van der Waals surface area contributed by atoms with Crippen LogP contribution < -0.4 is 0 Å². The van der Waals surface area contributed by atoms with Gasteiger partial charge in [-0.05, 0) is 40.5 Å². The minimum absolute atomic E-state index is 0.0566. The zero-order valence-corrected chi connectivity index (χ0v) is 12.5. The predicted molar refractivity (Wildman–Crippen MR) is 79.2 cm³/mol. The Balaban J connectivity index is 1.62. The molecule has 0 saturated carbocycles. The molecule has 1 aromatic heterocycles. The topological polar surface area (TPSA) is 84.1 Å². The summed E-state index contributed by atoms with van der Waals surface area (Å²) in [7, 11) is 0. The Morgan fingerprint density at radius 3 is 2.77 bits per heavy atom. The van der Waals surface area contributed by atoms with E-state index in [4.69, 9.17) is 0 Å². The lowest BCUT2D eigenvalue weighted by Crippen LogP contribution is -2.46. The van der Waals surface area contributed by atoms with Crippen LogP contribution in [0.25, 0.3) is 5.69 Å². The quantitative estimate of drug-likeness (QED) is 0.889. The third-order valence-electron chi connectivity index (χ3n) is 4.18. The Labute approximate surface area is 128 Å². The zero-order valence-electron chi connectivity index (χ0n) is 12.5. The van der Waals surface area contributed by atoms with Crippen LogP contribution >= 0.6 is 0 Å². The van der Waals surface area contributed by atoms with Crippen LogP contribution in [0.3, 0.4) is 0 Å². The first kappa shape index (κ1) is 14.6. The van der Waals surface area contributed by atoms with Gasteiger partial charge in [-0.1, -0.05) is 19.1 Å². The second kappa shape index (κ2) is 6.23. The fraction of sp³-hybridized carbons (Fsp3) is 0.467. The van der Waals surface area contributed by atoms with Gasteiger partial charge in [0.2, 0.25) is 5.91 Å². The van der Waals surface area contributed by atoms with E-state index in [1.807, 2.05) is 31.2 Å². The summed E-state index contributed by atoms with van der Waals surface area (Å²) in [5, 5.41) is 20.9. The standard InChI is InChI=1S/C15H19N5O2/c1-11-6-7-19(9-14(11)21)15(22)8-12-2-4-13(5-3-12)20-10-16-17-18-20/h2-5,10-11,14,21H,6-9H2,1H3. The summed E-state index contributed by atoms with van der Waals surface area (Å²) in [6.07, 6.45) is 2.30. The molecule has 1 fully saturated rings. The van der Waals surface area contributed by atoms with Gasteiger partial charge in [0.15, 0.2) is 0 Å². The van der Waals surface area contributed by atoms with Crippen LogP contribution in [0.2, 0.25) is 0 Å². The number of rotatable bonds is 3. The zero-order chi connectivity index (χ0) is 15.5. The molecule has 116 valence electrons. The number of likely N-dealkylation sites (tertiary alicyclic amines) is 1. The molecular formula is C15H19N5O2. The first-order valence-electron chi connectivity index (χ1n) is 7.41. The molecule has 1 amide bonds. The molecule has 2 atom stereocenters. The van der Waals surface area contributed by atoms with Crippen molar-refractivity contribution in [3.8, 4) is 5.69 Å².